The molecular weight excluding hydrogens is 539 g/mol. The van der Waals surface area contributed by atoms with Gasteiger partial charge in [-0.1, -0.05) is 36.4 Å². The van der Waals surface area contributed by atoms with Crippen molar-refractivity contribution in [3.63, 3.8) is 0 Å². The highest BCUT2D eigenvalue weighted by Gasteiger charge is 2.31. The number of para-hydroxylation sites is 1. The van der Waals surface area contributed by atoms with Crippen LogP contribution in [0.2, 0.25) is 0 Å². The first-order valence-corrected chi connectivity index (χ1v) is 12.9. The van der Waals surface area contributed by atoms with Gasteiger partial charge in [0.15, 0.2) is 0 Å². The average Bonchev–Trinajstić information content (AvgIpc) is 3.24. The zero-order chi connectivity index (χ0) is 28.4. The summed E-state index contributed by atoms with van der Waals surface area (Å²) in [5.41, 5.74) is 5.83. The molecule has 0 fully saturated rings. The van der Waals surface area contributed by atoms with Crippen molar-refractivity contribution in [3.05, 3.63) is 89.5 Å². The van der Waals surface area contributed by atoms with Gasteiger partial charge in [0.1, 0.15) is 11.3 Å². The van der Waals surface area contributed by atoms with Crippen molar-refractivity contribution in [2.75, 3.05) is 5.32 Å². The first-order valence-electron chi connectivity index (χ1n) is 12.2. The van der Waals surface area contributed by atoms with E-state index in [-0.39, 0.29) is 11.8 Å². The van der Waals surface area contributed by atoms with E-state index >= 15 is 0 Å². The third-order valence-electron chi connectivity index (χ3n) is 6.32. The van der Waals surface area contributed by atoms with E-state index in [1.165, 1.54) is 12.1 Å². The molecule has 7 nitrogen and oxygen atoms in total. The summed E-state index contributed by atoms with van der Waals surface area (Å²) in [7, 11) is 1.79. The van der Waals surface area contributed by atoms with Crippen LogP contribution in [-0.4, -0.2) is 28.4 Å². The predicted molar refractivity (Wildman–Crippen MR) is 154 cm³/mol. The number of nitrogens with one attached hydrogen (secondary N) is 2. The maximum absolute atomic E-state index is 12.5. The molecule has 0 aliphatic carbocycles. The summed E-state index contributed by atoms with van der Waals surface area (Å²) in [6.45, 7) is 3.86. The van der Waals surface area contributed by atoms with Gasteiger partial charge in [-0.3, -0.25) is 9.40 Å². The molecule has 2 amide bonds. The number of fused-ring (bicyclic) bond motifs is 3. The maximum atomic E-state index is 12.5. The Morgan fingerprint density at radius 1 is 1.00 bits per heavy atom. The minimum absolute atomic E-state index is 0.280. The molecule has 1 heterocycles. The number of aryl methyl sites for hydroxylation is 3. The largest absolute Gasteiger partial charge is 0.573 e. The molecule has 0 aliphatic heterocycles. The SMILES string of the molecule is Cc1cccc(C)c1NC(=O)NS/N=C/c1ccc2c(ccc3c(-c4ccc(OC(F)(F)F)cc4)n(C)nc32)c1. The quantitative estimate of drug-likeness (QED) is 0.164. The minimum atomic E-state index is -4.74. The van der Waals surface area contributed by atoms with E-state index in [1.54, 1.807) is 30.1 Å². The van der Waals surface area contributed by atoms with E-state index in [9.17, 15) is 18.0 Å². The Hall–Kier alpha value is -4.51. The van der Waals surface area contributed by atoms with E-state index in [0.29, 0.717) is 5.56 Å². The fourth-order valence-corrected chi connectivity index (χ4v) is 4.91. The molecule has 40 heavy (non-hydrogen) atoms. The molecule has 0 saturated carbocycles. The van der Waals surface area contributed by atoms with Crippen molar-refractivity contribution in [1.82, 2.24) is 14.5 Å². The van der Waals surface area contributed by atoms with Gasteiger partial charge in [0.25, 0.3) is 0 Å². The Bertz CT molecular complexity index is 1730. The third kappa shape index (κ3) is 5.89. The Kier molecular flexibility index (Phi) is 7.40. The Labute approximate surface area is 232 Å². The third-order valence-corrected chi connectivity index (χ3v) is 6.81. The molecule has 0 atom stereocenters. The van der Waals surface area contributed by atoms with E-state index in [0.717, 1.165) is 61.9 Å². The molecule has 0 unspecified atom stereocenters. The second kappa shape index (κ2) is 10.9. The molecule has 1 aromatic heterocycles. The van der Waals surface area contributed by atoms with Crippen LogP contribution in [0.5, 0.6) is 5.75 Å². The number of carbonyl (C=O) groups excluding carboxylic acids is 1. The van der Waals surface area contributed by atoms with Crippen molar-refractivity contribution in [3.8, 4) is 17.0 Å². The van der Waals surface area contributed by atoms with Gasteiger partial charge < -0.3 is 10.1 Å². The molecule has 0 saturated heterocycles. The smallest absolute Gasteiger partial charge is 0.406 e. The van der Waals surface area contributed by atoms with Gasteiger partial charge in [-0.2, -0.15) is 5.10 Å². The van der Waals surface area contributed by atoms with E-state index < -0.39 is 6.36 Å². The normalized spacial score (nSPS) is 11.8. The van der Waals surface area contributed by atoms with Crippen LogP contribution in [0.3, 0.4) is 0 Å². The number of benzene rings is 4. The van der Waals surface area contributed by atoms with Crippen molar-refractivity contribution in [2.24, 2.45) is 11.4 Å². The summed E-state index contributed by atoms with van der Waals surface area (Å²) in [5.74, 6) is -0.280. The van der Waals surface area contributed by atoms with Gasteiger partial charge in [-0.25, -0.2) is 9.19 Å². The summed E-state index contributed by atoms with van der Waals surface area (Å²) in [4.78, 5) is 12.3. The molecule has 4 aromatic carbocycles. The highest BCUT2D eigenvalue weighted by atomic mass is 32.2. The summed E-state index contributed by atoms with van der Waals surface area (Å²) < 4.78 is 50.1. The second-order valence-electron chi connectivity index (χ2n) is 9.14. The fourth-order valence-electron chi connectivity index (χ4n) is 4.55. The number of alkyl halides is 3. The zero-order valence-electron chi connectivity index (χ0n) is 21.7. The topological polar surface area (TPSA) is 80.5 Å². The molecule has 0 aliphatic rings. The average molecular weight is 564 g/mol. The van der Waals surface area contributed by atoms with Gasteiger partial charge in [0.2, 0.25) is 0 Å². The number of urea groups is 1. The predicted octanol–water partition coefficient (Wildman–Crippen LogP) is 7.71. The number of ether oxygens (including phenoxy) is 1. The van der Waals surface area contributed by atoms with Gasteiger partial charge in [-0.15, -0.1) is 13.2 Å². The summed E-state index contributed by atoms with van der Waals surface area (Å²) in [6.07, 6.45) is -3.09. The number of carbonyl (C=O) groups is 1. The number of amides is 2. The molecule has 0 radical (unpaired) electrons. The zero-order valence-corrected chi connectivity index (χ0v) is 22.5. The van der Waals surface area contributed by atoms with Crippen LogP contribution in [0.15, 0.2) is 77.2 Å². The highest BCUT2D eigenvalue weighted by Crippen LogP contribution is 2.34. The van der Waals surface area contributed by atoms with Crippen LogP contribution in [0, 0.1) is 13.8 Å². The van der Waals surface area contributed by atoms with Gasteiger partial charge >= 0.3 is 12.4 Å². The lowest BCUT2D eigenvalue weighted by Crippen LogP contribution is -2.23. The van der Waals surface area contributed by atoms with Crippen LogP contribution in [0.4, 0.5) is 23.7 Å². The number of aromatic nitrogens is 2. The number of halogens is 3. The van der Waals surface area contributed by atoms with Gasteiger partial charge in [0, 0.05) is 35.3 Å². The lowest BCUT2D eigenvalue weighted by molar-refractivity contribution is -0.274. The molecule has 0 spiro atoms. The molecule has 2 N–H and O–H groups in total. The number of nitrogens with zero attached hydrogens (tertiary/aromatic N) is 3. The van der Waals surface area contributed by atoms with Crippen LogP contribution >= 0.6 is 12.1 Å². The van der Waals surface area contributed by atoms with Gasteiger partial charge in [0.05, 0.1) is 17.8 Å². The number of hydrogen-bond acceptors (Lipinski definition) is 5. The fraction of sp³-hybridized carbons (Fsp3) is 0.138. The first-order chi connectivity index (χ1) is 19.1. The Morgan fingerprint density at radius 3 is 2.40 bits per heavy atom. The highest BCUT2D eigenvalue weighted by molar-refractivity contribution is 7.96. The number of hydrogen-bond donors (Lipinski definition) is 2. The number of rotatable bonds is 6. The molecule has 204 valence electrons. The van der Waals surface area contributed by atoms with Crippen molar-refractivity contribution in [2.45, 2.75) is 20.2 Å². The Balaban J connectivity index is 1.30. The van der Waals surface area contributed by atoms with Crippen LogP contribution in [-0.2, 0) is 7.05 Å². The standard InChI is InChI=1S/C29H24F3N5O2S/c1-17-5-4-6-18(2)25(17)34-28(38)36-40-33-16-19-7-13-23-21(15-19)10-14-24-26(23)35-37(3)27(24)20-8-11-22(12-9-20)39-29(30,31)32/h4-16H,1-3H3,(H2,34,36,38)/b33-16+. The molecule has 5 rings (SSSR count). The summed E-state index contributed by atoms with van der Waals surface area (Å²) in [5, 5.41) is 10.3. The molecular formula is C29H24F3N5O2S. The van der Waals surface area contributed by atoms with Crippen LogP contribution < -0.4 is 14.8 Å². The summed E-state index contributed by atoms with van der Waals surface area (Å²) >= 11 is 0.922. The number of anilines is 1. The second-order valence-corrected chi connectivity index (χ2v) is 9.73. The summed E-state index contributed by atoms with van der Waals surface area (Å²) in [6, 6.07) is 20.9. The van der Waals surface area contributed by atoms with Crippen molar-refractivity contribution < 1.29 is 22.7 Å². The monoisotopic (exact) mass is 563 g/mol. The Morgan fingerprint density at radius 2 is 1.70 bits per heavy atom. The first kappa shape index (κ1) is 27.1. The van der Waals surface area contributed by atoms with Crippen molar-refractivity contribution >= 4 is 51.7 Å². The molecule has 0 bridgehead atoms. The molecule has 11 heteroatoms. The van der Waals surface area contributed by atoms with E-state index in [2.05, 4.69) is 24.3 Å². The maximum Gasteiger partial charge on any atom is 0.573 e. The van der Waals surface area contributed by atoms with E-state index in [4.69, 9.17) is 0 Å². The van der Waals surface area contributed by atoms with E-state index in [1.807, 2.05) is 62.4 Å². The minimum Gasteiger partial charge on any atom is -0.406 e. The lowest BCUT2D eigenvalue weighted by Gasteiger charge is -2.10. The van der Waals surface area contributed by atoms with Crippen molar-refractivity contribution in [1.29, 1.82) is 0 Å². The lowest BCUT2D eigenvalue weighted by atomic mass is 10.0. The molecule has 5 aromatic rings. The van der Waals surface area contributed by atoms with Gasteiger partial charge in [-0.05, 0) is 72.3 Å². The van der Waals surface area contributed by atoms with Crippen LogP contribution in [0.25, 0.3) is 32.9 Å². The van der Waals surface area contributed by atoms with Crippen LogP contribution in [0.1, 0.15) is 16.7 Å².